The summed E-state index contributed by atoms with van der Waals surface area (Å²) in [6, 6.07) is 7.37. The number of benzene rings is 1. The SMILES string of the molecule is CCCN(CCC(=O)OCC)c1ccc2[nH]c(C(=O)O)cc2c1. The van der Waals surface area contributed by atoms with E-state index in [0.717, 1.165) is 29.6 Å². The van der Waals surface area contributed by atoms with Crippen LogP contribution in [-0.2, 0) is 9.53 Å². The first-order valence-electron chi connectivity index (χ1n) is 7.81. The summed E-state index contributed by atoms with van der Waals surface area (Å²) in [6.45, 7) is 5.66. The monoisotopic (exact) mass is 318 g/mol. The van der Waals surface area contributed by atoms with Gasteiger partial charge in [0, 0.05) is 29.7 Å². The maximum Gasteiger partial charge on any atom is 0.352 e. The van der Waals surface area contributed by atoms with E-state index in [-0.39, 0.29) is 11.7 Å². The van der Waals surface area contributed by atoms with Gasteiger partial charge >= 0.3 is 11.9 Å². The highest BCUT2D eigenvalue weighted by Gasteiger charge is 2.12. The molecule has 0 fully saturated rings. The zero-order chi connectivity index (χ0) is 16.8. The lowest BCUT2D eigenvalue weighted by Gasteiger charge is -2.24. The Balaban J connectivity index is 2.19. The number of aromatic amines is 1. The van der Waals surface area contributed by atoms with Gasteiger partial charge < -0.3 is 19.7 Å². The van der Waals surface area contributed by atoms with Crippen LogP contribution in [0.1, 0.15) is 37.2 Å². The van der Waals surface area contributed by atoms with Crippen LogP contribution in [0.25, 0.3) is 10.9 Å². The molecule has 2 N–H and O–H groups in total. The van der Waals surface area contributed by atoms with Crippen molar-refractivity contribution in [2.75, 3.05) is 24.6 Å². The number of H-pyrrole nitrogens is 1. The fourth-order valence-corrected chi connectivity index (χ4v) is 2.53. The van der Waals surface area contributed by atoms with Crippen LogP contribution in [0.3, 0.4) is 0 Å². The topological polar surface area (TPSA) is 82.6 Å². The minimum atomic E-state index is -0.976. The van der Waals surface area contributed by atoms with Crippen LogP contribution >= 0.6 is 0 Å². The summed E-state index contributed by atoms with van der Waals surface area (Å²) in [7, 11) is 0. The summed E-state index contributed by atoms with van der Waals surface area (Å²) in [6.07, 6.45) is 1.29. The standard InChI is InChI=1S/C17H22N2O4/c1-3-8-19(9-7-16(20)23-4-2)13-5-6-14-12(10-13)11-15(18-14)17(21)22/h5-6,10-11,18H,3-4,7-9H2,1-2H3,(H,21,22). The van der Waals surface area contributed by atoms with Crippen molar-refractivity contribution in [1.82, 2.24) is 4.98 Å². The molecule has 0 amide bonds. The molecule has 0 spiro atoms. The van der Waals surface area contributed by atoms with Gasteiger partial charge in [0.1, 0.15) is 5.69 Å². The average molecular weight is 318 g/mol. The van der Waals surface area contributed by atoms with Gasteiger partial charge in [-0.15, -0.1) is 0 Å². The van der Waals surface area contributed by atoms with Crippen LogP contribution < -0.4 is 4.90 Å². The molecule has 0 aliphatic heterocycles. The van der Waals surface area contributed by atoms with Crippen molar-refractivity contribution in [3.63, 3.8) is 0 Å². The van der Waals surface area contributed by atoms with Crippen LogP contribution in [-0.4, -0.2) is 41.7 Å². The summed E-state index contributed by atoms with van der Waals surface area (Å²) in [5.41, 5.74) is 1.93. The molecular weight excluding hydrogens is 296 g/mol. The number of aromatic nitrogens is 1. The summed E-state index contributed by atoms with van der Waals surface area (Å²) < 4.78 is 4.97. The molecule has 0 bridgehead atoms. The molecular formula is C17H22N2O4. The molecule has 0 aliphatic carbocycles. The second-order valence-electron chi connectivity index (χ2n) is 5.30. The number of anilines is 1. The number of nitrogens with one attached hydrogen (secondary N) is 1. The van der Waals surface area contributed by atoms with E-state index >= 15 is 0 Å². The van der Waals surface area contributed by atoms with Gasteiger partial charge in [0.05, 0.1) is 13.0 Å². The van der Waals surface area contributed by atoms with E-state index in [1.165, 1.54) is 0 Å². The molecule has 0 radical (unpaired) electrons. The Morgan fingerprint density at radius 3 is 2.65 bits per heavy atom. The lowest BCUT2D eigenvalue weighted by molar-refractivity contribution is -0.142. The smallest absolute Gasteiger partial charge is 0.352 e. The summed E-state index contributed by atoms with van der Waals surface area (Å²) in [4.78, 5) is 27.6. The predicted molar refractivity (Wildman–Crippen MR) is 89.0 cm³/mol. The van der Waals surface area contributed by atoms with Gasteiger partial charge in [-0.3, -0.25) is 4.79 Å². The highest BCUT2D eigenvalue weighted by molar-refractivity contribution is 5.94. The molecule has 6 heteroatoms. The van der Waals surface area contributed by atoms with E-state index in [1.54, 1.807) is 13.0 Å². The maximum absolute atomic E-state index is 11.6. The number of aromatic carboxylic acids is 1. The van der Waals surface area contributed by atoms with E-state index in [2.05, 4.69) is 16.8 Å². The number of hydrogen-bond acceptors (Lipinski definition) is 4. The van der Waals surface area contributed by atoms with Gasteiger partial charge in [0.15, 0.2) is 0 Å². The third-order valence-corrected chi connectivity index (χ3v) is 3.58. The number of fused-ring (bicyclic) bond motifs is 1. The van der Waals surface area contributed by atoms with Crippen molar-refractivity contribution >= 4 is 28.5 Å². The first-order valence-corrected chi connectivity index (χ1v) is 7.81. The van der Waals surface area contributed by atoms with Gasteiger partial charge in [0.25, 0.3) is 0 Å². The number of ether oxygens (including phenoxy) is 1. The molecule has 0 unspecified atom stereocenters. The molecule has 0 saturated heterocycles. The van der Waals surface area contributed by atoms with Gasteiger partial charge in [-0.2, -0.15) is 0 Å². The van der Waals surface area contributed by atoms with Crippen molar-refractivity contribution in [2.45, 2.75) is 26.7 Å². The minimum absolute atomic E-state index is 0.172. The number of carbonyl (C=O) groups excluding carboxylic acids is 1. The largest absolute Gasteiger partial charge is 0.477 e. The third kappa shape index (κ3) is 4.25. The van der Waals surface area contributed by atoms with Crippen molar-refractivity contribution in [3.05, 3.63) is 30.0 Å². The molecule has 2 aromatic rings. The fraction of sp³-hybridized carbons (Fsp3) is 0.412. The Labute approximate surface area is 135 Å². The summed E-state index contributed by atoms with van der Waals surface area (Å²) in [5.74, 6) is -1.18. The second-order valence-corrected chi connectivity index (χ2v) is 5.30. The minimum Gasteiger partial charge on any atom is -0.477 e. The van der Waals surface area contributed by atoms with Crippen molar-refractivity contribution in [2.24, 2.45) is 0 Å². The Hall–Kier alpha value is -2.50. The van der Waals surface area contributed by atoms with Crippen LogP contribution in [0.4, 0.5) is 5.69 Å². The molecule has 1 aromatic carbocycles. The number of carboxylic acid groups (broad SMARTS) is 1. The Morgan fingerprint density at radius 2 is 2.00 bits per heavy atom. The third-order valence-electron chi connectivity index (χ3n) is 3.58. The normalized spacial score (nSPS) is 10.7. The van der Waals surface area contributed by atoms with Gasteiger partial charge in [0.2, 0.25) is 0 Å². The average Bonchev–Trinajstić information content (AvgIpc) is 2.95. The molecule has 1 aromatic heterocycles. The van der Waals surface area contributed by atoms with Gasteiger partial charge in [-0.25, -0.2) is 4.79 Å². The number of rotatable bonds is 8. The lowest BCUT2D eigenvalue weighted by atomic mass is 10.2. The molecule has 2 rings (SSSR count). The van der Waals surface area contributed by atoms with Crippen LogP contribution in [0.5, 0.6) is 0 Å². The van der Waals surface area contributed by atoms with E-state index in [0.29, 0.717) is 19.6 Å². The quantitative estimate of drug-likeness (QED) is 0.731. The number of nitrogens with zero attached hydrogens (tertiary/aromatic N) is 1. The Kier molecular flexibility index (Phi) is 5.62. The van der Waals surface area contributed by atoms with E-state index in [9.17, 15) is 9.59 Å². The molecule has 1 heterocycles. The first kappa shape index (κ1) is 16.9. The van der Waals surface area contributed by atoms with Gasteiger partial charge in [-0.1, -0.05) is 6.92 Å². The van der Waals surface area contributed by atoms with Crippen molar-refractivity contribution < 1.29 is 19.4 Å². The molecule has 0 aliphatic rings. The summed E-state index contributed by atoms with van der Waals surface area (Å²) in [5, 5.41) is 9.90. The molecule has 0 atom stereocenters. The zero-order valence-corrected chi connectivity index (χ0v) is 13.5. The highest BCUT2D eigenvalue weighted by atomic mass is 16.5. The van der Waals surface area contributed by atoms with Crippen molar-refractivity contribution in [1.29, 1.82) is 0 Å². The summed E-state index contributed by atoms with van der Waals surface area (Å²) >= 11 is 0. The van der Waals surface area contributed by atoms with Crippen LogP contribution in [0, 0.1) is 0 Å². The van der Waals surface area contributed by atoms with Crippen LogP contribution in [0.15, 0.2) is 24.3 Å². The van der Waals surface area contributed by atoms with E-state index < -0.39 is 5.97 Å². The fourth-order valence-electron chi connectivity index (χ4n) is 2.53. The van der Waals surface area contributed by atoms with E-state index in [1.807, 2.05) is 18.2 Å². The lowest BCUT2D eigenvalue weighted by Crippen LogP contribution is -2.27. The molecule has 124 valence electrons. The predicted octanol–water partition coefficient (Wildman–Crippen LogP) is 3.04. The zero-order valence-electron chi connectivity index (χ0n) is 13.5. The highest BCUT2D eigenvalue weighted by Crippen LogP contribution is 2.23. The van der Waals surface area contributed by atoms with Crippen molar-refractivity contribution in [3.8, 4) is 0 Å². The first-order chi connectivity index (χ1) is 11.0. The number of hydrogen-bond donors (Lipinski definition) is 2. The number of carboxylic acids is 1. The number of esters is 1. The van der Waals surface area contributed by atoms with Gasteiger partial charge in [-0.05, 0) is 37.6 Å². The Morgan fingerprint density at radius 1 is 1.22 bits per heavy atom. The number of carbonyl (C=O) groups is 2. The molecule has 6 nitrogen and oxygen atoms in total. The second kappa shape index (κ2) is 7.67. The maximum atomic E-state index is 11.6. The van der Waals surface area contributed by atoms with E-state index in [4.69, 9.17) is 9.84 Å². The van der Waals surface area contributed by atoms with Crippen LogP contribution in [0.2, 0.25) is 0 Å². The molecule has 0 saturated carbocycles. The molecule has 23 heavy (non-hydrogen) atoms. The Bertz CT molecular complexity index is 693.